The topological polar surface area (TPSA) is 82.7 Å². The highest BCUT2D eigenvalue weighted by molar-refractivity contribution is 7.80. The number of urea groups is 1. The van der Waals surface area contributed by atoms with E-state index in [4.69, 9.17) is 17.0 Å². The van der Waals surface area contributed by atoms with Gasteiger partial charge in [-0.2, -0.15) is 5.01 Å². The van der Waals surface area contributed by atoms with Crippen molar-refractivity contribution in [3.63, 3.8) is 0 Å². The number of hydrazine groups is 1. The lowest BCUT2D eigenvalue weighted by Crippen LogP contribution is -2.49. The Bertz CT molecular complexity index is 945. The van der Waals surface area contributed by atoms with Gasteiger partial charge < -0.3 is 15.4 Å². The molecule has 1 aliphatic heterocycles. The second kappa shape index (κ2) is 8.08. The minimum Gasteiger partial charge on any atom is -0.497 e. The van der Waals surface area contributed by atoms with Gasteiger partial charge in [-0.25, -0.2) is 4.79 Å². The first-order valence-corrected chi connectivity index (χ1v) is 9.64. The van der Waals surface area contributed by atoms with Crippen LogP contribution in [-0.2, 0) is 10.3 Å². The van der Waals surface area contributed by atoms with Gasteiger partial charge in [-0.05, 0) is 60.5 Å². The van der Waals surface area contributed by atoms with E-state index in [2.05, 4.69) is 29.9 Å². The molecule has 8 heteroatoms. The average molecular weight is 413 g/mol. The van der Waals surface area contributed by atoms with Crippen LogP contribution >= 0.6 is 12.2 Å². The summed E-state index contributed by atoms with van der Waals surface area (Å²) in [5, 5.41) is 6.73. The number of amides is 3. The van der Waals surface area contributed by atoms with E-state index in [1.807, 2.05) is 24.3 Å². The molecular weight excluding hydrogens is 388 g/mol. The highest BCUT2D eigenvalue weighted by Crippen LogP contribution is 2.30. The summed E-state index contributed by atoms with van der Waals surface area (Å²) in [6.45, 7) is 5.88. The van der Waals surface area contributed by atoms with Crippen molar-refractivity contribution < 1.29 is 14.3 Å². The molecule has 1 atom stereocenters. The lowest BCUT2D eigenvalue weighted by atomic mass is 9.92. The van der Waals surface area contributed by atoms with Gasteiger partial charge in [0.25, 0.3) is 5.91 Å². The molecule has 0 bridgehead atoms. The normalized spacial score (nSPS) is 18.6. The molecule has 1 fully saturated rings. The van der Waals surface area contributed by atoms with Crippen LogP contribution < -0.4 is 20.8 Å². The van der Waals surface area contributed by atoms with Crippen molar-refractivity contribution in [1.29, 1.82) is 0 Å². The summed E-state index contributed by atoms with van der Waals surface area (Å²) in [6.07, 6.45) is 0. The predicted molar refractivity (Wildman–Crippen MR) is 116 cm³/mol. The summed E-state index contributed by atoms with van der Waals surface area (Å²) in [5.41, 5.74) is 4.03. The molecular formula is C21H24N4O3S. The van der Waals surface area contributed by atoms with Crippen LogP contribution in [-0.4, -0.2) is 29.2 Å². The zero-order chi connectivity index (χ0) is 21.2. The first-order valence-electron chi connectivity index (χ1n) is 9.23. The van der Waals surface area contributed by atoms with Crippen LogP contribution in [0.1, 0.15) is 37.8 Å². The molecule has 7 nitrogen and oxygen atoms in total. The Hall–Kier alpha value is -3.13. The second-order valence-electron chi connectivity index (χ2n) is 7.27. The van der Waals surface area contributed by atoms with Crippen molar-refractivity contribution >= 4 is 35.0 Å². The number of methoxy groups -OCH3 is 1. The number of hydrogen-bond acceptors (Lipinski definition) is 4. The van der Waals surface area contributed by atoms with Crippen LogP contribution in [0.4, 0.5) is 10.5 Å². The van der Waals surface area contributed by atoms with E-state index in [9.17, 15) is 9.59 Å². The van der Waals surface area contributed by atoms with Gasteiger partial charge in [0.05, 0.1) is 7.11 Å². The lowest BCUT2D eigenvalue weighted by Gasteiger charge is -2.23. The van der Waals surface area contributed by atoms with Crippen LogP contribution in [0, 0.1) is 0 Å². The van der Waals surface area contributed by atoms with Crippen molar-refractivity contribution in [2.24, 2.45) is 0 Å². The predicted octanol–water partition coefficient (Wildman–Crippen LogP) is 3.49. The van der Waals surface area contributed by atoms with Crippen LogP contribution in [0.5, 0.6) is 5.75 Å². The van der Waals surface area contributed by atoms with Gasteiger partial charge in [-0.1, -0.05) is 38.1 Å². The summed E-state index contributed by atoms with van der Waals surface area (Å²) >= 11 is 5.28. The van der Waals surface area contributed by atoms with Gasteiger partial charge >= 0.3 is 6.03 Å². The summed E-state index contributed by atoms with van der Waals surface area (Å²) in [5.74, 6) is 0.559. The maximum Gasteiger partial charge on any atom is 0.344 e. The first-order chi connectivity index (χ1) is 13.7. The summed E-state index contributed by atoms with van der Waals surface area (Å²) in [4.78, 5) is 25.4. The lowest BCUT2D eigenvalue weighted by molar-refractivity contribution is -0.132. The number of benzene rings is 2. The van der Waals surface area contributed by atoms with E-state index in [0.717, 1.165) is 10.7 Å². The van der Waals surface area contributed by atoms with Crippen LogP contribution in [0.3, 0.4) is 0 Å². The van der Waals surface area contributed by atoms with E-state index < -0.39 is 17.5 Å². The van der Waals surface area contributed by atoms with Gasteiger partial charge in [-0.3, -0.25) is 10.2 Å². The van der Waals surface area contributed by atoms with E-state index in [0.29, 0.717) is 17.2 Å². The number of rotatable bonds is 5. The number of hydrogen-bond donors (Lipinski definition) is 3. The van der Waals surface area contributed by atoms with Gasteiger partial charge in [0.2, 0.25) is 0 Å². The highest BCUT2D eigenvalue weighted by Gasteiger charge is 2.50. The van der Waals surface area contributed by atoms with E-state index in [1.165, 1.54) is 5.56 Å². The molecule has 2 aromatic carbocycles. The quantitative estimate of drug-likeness (QED) is 0.515. The number of ether oxygens (including phenoxy) is 1. The molecule has 29 heavy (non-hydrogen) atoms. The molecule has 0 aliphatic carbocycles. The molecule has 2 aromatic rings. The number of carbonyl (C=O) groups excluding carboxylic acids is 2. The Morgan fingerprint density at radius 3 is 2.48 bits per heavy atom. The smallest absolute Gasteiger partial charge is 0.344 e. The maximum atomic E-state index is 13.0. The van der Waals surface area contributed by atoms with Gasteiger partial charge in [0.1, 0.15) is 11.3 Å². The average Bonchev–Trinajstić information content (AvgIpc) is 2.92. The molecule has 1 heterocycles. The number of thiocarbonyl (C=S) groups is 1. The second-order valence-corrected chi connectivity index (χ2v) is 7.68. The van der Waals surface area contributed by atoms with E-state index >= 15 is 0 Å². The van der Waals surface area contributed by atoms with Gasteiger partial charge in [0, 0.05) is 5.69 Å². The third-order valence-electron chi connectivity index (χ3n) is 4.89. The first kappa shape index (κ1) is 20.6. The fourth-order valence-corrected chi connectivity index (χ4v) is 3.29. The SMILES string of the molecule is COc1cccc(C2(C)NC(=O)N(NC(=S)Nc3ccc(C(C)C)cc3)C2=O)c1. The highest BCUT2D eigenvalue weighted by atomic mass is 32.1. The minimum atomic E-state index is -1.23. The molecule has 1 aliphatic rings. The fourth-order valence-electron chi connectivity index (χ4n) is 3.08. The fraction of sp³-hybridized carbons (Fsp3) is 0.286. The Morgan fingerprint density at radius 2 is 1.86 bits per heavy atom. The number of nitrogens with zero attached hydrogens (tertiary/aromatic N) is 1. The molecule has 3 amide bonds. The zero-order valence-corrected chi connectivity index (χ0v) is 17.6. The van der Waals surface area contributed by atoms with Crippen LogP contribution in [0.25, 0.3) is 0 Å². The van der Waals surface area contributed by atoms with Crippen LogP contribution in [0.2, 0.25) is 0 Å². The standard InChI is InChI=1S/C21H24N4O3S/c1-13(2)14-8-10-16(11-9-14)22-19(29)24-25-18(26)21(3,23-20(25)27)15-6-5-7-17(12-15)28-4/h5-13H,1-4H3,(H,23,27)(H2,22,24,29). The molecule has 0 spiro atoms. The Balaban J connectivity index is 1.71. The number of imide groups is 1. The third kappa shape index (κ3) is 4.17. The third-order valence-corrected chi connectivity index (χ3v) is 5.08. The van der Waals surface area contributed by atoms with Crippen molar-refractivity contribution in [2.75, 3.05) is 12.4 Å². The Kier molecular flexibility index (Phi) is 5.74. The van der Waals surface area contributed by atoms with Crippen LogP contribution in [0.15, 0.2) is 48.5 Å². The van der Waals surface area contributed by atoms with Crippen molar-refractivity contribution in [3.05, 3.63) is 59.7 Å². The molecule has 152 valence electrons. The molecule has 0 radical (unpaired) electrons. The van der Waals surface area contributed by atoms with Gasteiger partial charge in [0.15, 0.2) is 5.11 Å². The van der Waals surface area contributed by atoms with Gasteiger partial charge in [-0.15, -0.1) is 0 Å². The molecule has 3 N–H and O–H groups in total. The molecule has 1 unspecified atom stereocenters. The monoisotopic (exact) mass is 412 g/mol. The van der Waals surface area contributed by atoms with E-state index in [-0.39, 0.29) is 5.11 Å². The molecule has 3 rings (SSSR count). The number of carbonyl (C=O) groups is 2. The summed E-state index contributed by atoms with van der Waals surface area (Å²) in [7, 11) is 1.54. The van der Waals surface area contributed by atoms with E-state index in [1.54, 1.807) is 38.3 Å². The summed E-state index contributed by atoms with van der Waals surface area (Å²) in [6, 6.07) is 14.2. The van der Waals surface area contributed by atoms with Crippen molar-refractivity contribution in [1.82, 2.24) is 15.8 Å². The van der Waals surface area contributed by atoms with Crippen molar-refractivity contribution in [2.45, 2.75) is 32.2 Å². The maximum absolute atomic E-state index is 13.0. The molecule has 0 aromatic heterocycles. The summed E-state index contributed by atoms with van der Waals surface area (Å²) < 4.78 is 5.22. The molecule has 0 saturated carbocycles. The molecule has 1 saturated heterocycles. The largest absolute Gasteiger partial charge is 0.497 e. The van der Waals surface area contributed by atoms with Crippen molar-refractivity contribution in [3.8, 4) is 5.75 Å². The Morgan fingerprint density at radius 1 is 1.17 bits per heavy atom. The zero-order valence-electron chi connectivity index (χ0n) is 16.8. The number of anilines is 1. The minimum absolute atomic E-state index is 0.140. The Labute approximate surface area is 175 Å². The number of nitrogens with one attached hydrogen (secondary N) is 3.